The molecule has 3 fully saturated rings. The summed E-state index contributed by atoms with van der Waals surface area (Å²) in [7, 11) is 0. The van der Waals surface area contributed by atoms with Crippen LogP contribution in [0.5, 0.6) is 5.75 Å². The molecule has 0 unspecified atom stereocenters. The number of aryl methyl sites for hydroxylation is 2. The van der Waals surface area contributed by atoms with Crippen LogP contribution in [0.1, 0.15) is 92.4 Å². The summed E-state index contributed by atoms with van der Waals surface area (Å²) < 4.78 is 0. The zero-order valence-corrected chi connectivity index (χ0v) is 21.5. The summed E-state index contributed by atoms with van der Waals surface area (Å²) >= 11 is 0. The van der Waals surface area contributed by atoms with E-state index < -0.39 is 0 Å². The molecular weight excluding hydrogens is 430 g/mol. The van der Waals surface area contributed by atoms with Crippen molar-refractivity contribution < 1.29 is 10.2 Å². The predicted octanol–water partition coefficient (Wildman–Crippen LogP) is 6.42. The Morgan fingerprint density at radius 1 is 0.971 bits per heavy atom. The molecule has 0 spiro atoms. The fourth-order valence-corrected chi connectivity index (χ4v) is 8.61. The maximum atomic E-state index is 11.1. The number of rotatable bonds is 5. The number of hydrogen-bond acceptors (Lipinski definition) is 3. The smallest absolute Gasteiger partial charge is 0.115 e. The maximum absolute atomic E-state index is 11.1. The SMILES string of the molecule is C[C@]12C[C@H](c3ccc(CCCN4CCCCC4)cc3)[C@@H]3c4ccc(O)cc4CC[C@H]3[C@@H]1CC[C@@H]2O. The molecule has 6 rings (SSSR count). The predicted molar refractivity (Wildman–Crippen MR) is 142 cm³/mol. The third kappa shape index (κ3) is 4.33. The Morgan fingerprint density at radius 2 is 1.77 bits per heavy atom. The summed E-state index contributed by atoms with van der Waals surface area (Å²) in [5.41, 5.74) is 5.72. The summed E-state index contributed by atoms with van der Waals surface area (Å²) in [5.74, 6) is 2.55. The van der Waals surface area contributed by atoms with Crippen molar-refractivity contribution >= 4 is 0 Å². The molecule has 0 aromatic heterocycles. The highest BCUT2D eigenvalue weighted by atomic mass is 16.3. The Hall–Kier alpha value is -1.84. The van der Waals surface area contributed by atoms with Crippen molar-refractivity contribution in [2.24, 2.45) is 17.3 Å². The molecule has 3 aliphatic carbocycles. The topological polar surface area (TPSA) is 43.7 Å². The molecule has 188 valence electrons. The number of piperidine rings is 1. The fraction of sp³-hybridized carbons (Fsp3) is 0.625. The number of phenolic OH excluding ortho intramolecular Hbond substituents is 1. The summed E-state index contributed by atoms with van der Waals surface area (Å²) in [5, 5.41) is 21.2. The molecule has 1 saturated heterocycles. The lowest BCUT2D eigenvalue weighted by Crippen LogP contribution is -2.47. The van der Waals surface area contributed by atoms with E-state index in [2.05, 4.69) is 42.2 Å². The maximum Gasteiger partial charge on any atom is 0.115 e. The molecule has 3 nitrogen and oxygen atoms in total. The van der Waals surface area contributed by atoms with Crippen molar-refractivity contribution in [3.05, 3.63) is 64.7 Å². The zero-order valence-electron chi connectivity index (χ0n) is 21.5. The van der Waals surface area contributed by atoms with Crippen LogP contribution in [0, 0.1) is 17.3 Å². The van der Waals surface area contributed by atoms with Crippen LogP contribution in [0.15, 0.2) is 42.5 Å². The van der Waals surface area contributed by atoms with Crippen molar-refractivity contribution in [3.63, 3.8) is 0 Å². The monoisotopic (exact) mass is 473 g/mol. The Morgan fingerprint density at radius 3 is 2.57 bits per heavy atom. The summed E-state index contributed by atoms with van der Waals surface area (Å²) in [6, 6.07) is 15.7. The fourth-order valence-electron chi connectivity index (χ4n) is 8.61. The number of fused-ring (bicyclic) bond motifs is 5. The average molecular weight is 474 g/mol. The minimum Gasteiger partial charge on any atom is -0.508 e. The highest BCUT2D eigenvalue weighted by Crippen LogP contribution is 2.65. The number of aliphatic hydroxyl groups is 1. The van der Waals surface area contributed by atoms with Gasteiger partial charge in [0.2, 0.25) is 0 Å². The van der Waals surface area contributed by atoms with Crippen molar-refractivity contribution in [2.75, 3.05) is 19.6 Å². The van der Waals surface area contributed by atoms with Crippen molar-refractivity contribution in [3.8, 4) is 5.75 Å². The first-order chi connectivity index (χ1) is 17.0. The van der Waals surface area contributed by atoms with Gasteiger partial charge < -0.3 is 15.1 Å². The van der Waals surface area contributed by atoms with Crippen LogP contribution < -0.4 is 0 Å². The molecule has 2 aromatic carbocycles. The molecule has 4 aliphatic rings. The molecule has 2 aromatic rings. The first kappa shape index (κ1) is 23.6. The van der Waals surface area contributed by atoms with Crippen LogP contribution in [0.2, 0.25) is 0 Å². The van der Waals surface area contributed by atoms with Gasteiger partial charge in [-0.1, -0.05) is 43.7 Å². The lowest BCUT2D eigenvalue weighted by Gasteiger charge is -2.54. The van der Waals surface area contributed by atoms with Gasteiger partial charge in [-0.15, -0.1) is 0 Å². The molecule has 0 amide bonds. The molecule has 2 N–H and O–H groups in total. The summed E-state index contributed by atoms with van der Waals surface area (Å²) in [6.45, 7) is 6.18. The second-order valence-electron chi connectivity index (χ2n) is 12.4. The van der Waals surface area contributed by atoms with Gasteiger partial charge in [-0.05, 0) is 141 Å². The van der Waals surface area contributed by atoms with E-state index in [0.717, 1.165) is 32.1 Å². The summed E-state index contributed by atoms with van der Waals surface area (Å²) in [4.78, 5) is 2.64. The van der Waals surface area contributed by atoms with Crippen molar-refractivity contribution in [1.82, 2.24) is 4.90 Å². The molecule has 35 heavy (non-hydrogen) atoms. The average Bonchev–Trinajstić information content (AvgIpc) is 3.18. The van der Waals surface area contributed by atoms with Crippen LogP contribution in [-0.4, -0.2) is 40.9 Å². The molecular formula is C32H43NO2. The number of likely N-dealkylation sites (tertiary alicyclic amines) is 1. The van der Waals surface area contributed by atoms with Crippen LogP contribution in [0.3, 0.4) is 0 Å². The Balaban J connectivity index is 1.25. The van der Waals surface area contributed by atoms with Crippen LogP contribution in [-0.2, 0) is 12.8 Å². The van der Waals surface area contributed by atoms with Gasteiger partial charge in [-0.2, -0.15) is 0 Å². The second kappa shape index (κ2) is 9.56. The standard InChI is InChI=1S/C32H43NO2/c1-32-21-28(23-9-7-22(8-10-23)6-5-19-33-17-3-2-4-18-33)31-26-14-12-25(34)20-24(26)11-13-27(31)29(32)15-16-30(32)35/h7-10,12,14,20,27-31,34-35H,2-6,11,13,15-19,21H2,1H3/t27-,28+,29-,30-,31+,32-/m0/s1. The van der Waals surface area contributed by atoms with E-state index >= 15 is 0 Å². The van der Waals surface area contributed by atoms with Crippen LogP contribution in [0.4, 0.5) is 0 Å². The van der Waals surface area contributed by atoms with E-state index in [9.17, 15) is 10.2 Å². The zero-order chi connectivity index (χ0) is 24.0. The van der Waals surface area contributed by atoms with Gasteiger partial charge in [0.25, 0.3) is 0 Å². The molecule has 0 radical (unpaired) electrons. The van der Waals surface area contributed by atoms with Gasteiger partial charge in [-0.3, -0.25) is 0 Å². The largest absolute Gasteiger partial charge is 0.508 e. The molecule has 0 bridgehead atoms. The minimum absolute atomic E-state index is 0.0212. The van der Waals surface area contributed by atoms with E-state index in [0.29, 0.717) is 29.4 Å². The van der Waals surface area contributed by atoms with E-state index in [1.54, 1.807) is 0 Å². The van der Waals surface area contributed by atoms with Crippen molar-refractivity contribution in [2.45, 2.75) is 89.1 Å². The molecule has 1 aliphatic heterocycles. The highest BCUT2D eigenvalue weighted by molar-refractivity contribution is 5.43. The Kier molecular flexibility index (Phi) is 6.43. The highest BCUT2D eigenvalue weighted by Gasteiger charge is 2.57. The van der Waals surface area contributed by atoms with Crippen molar-refractivity contribution in [1.29, 1.82) is 0 Å². The minimum atomic E-state index is -0.175. The van der Waals surface area contributed by atoms with Gasteiger partial charge in [0.05, 0.1) is 6.10 Å². The Labute approximate surface area is 211 Å². The molecule has 3 heteroatoms. The number of aromatic hydroxyl groups is 1. The number of benzene rings is 2. The number of phenols is 1. The lowest BCUT2D eigenvalue weighted by atomic mass is 9.51. The van der Waals surface area contributed by atoms with E-state index in [-0.39, 0.29) is 11.5 Å². The summed E-state index contributed by atoms with van der Waals surface area (Å²) in [6.07, 6.45) is 11.8. The van der Waals surface area contributed by atoms with E-state index in [1.807, 2.05) is 12.1 Å². The van der Waals surface area contributed by atoms with Gasteiger partial charge in [0.15, 0.2) is 0 Å². The van der Waals surface area contributed by atoms with Gasteiger partial charge in [-0.25, -0.2) is 0 Å². The van der Waals surface area contributed by atoms with Gasteiger partial charge in [0.1, 0.15) is 5.75 Å². The normalized spacial score (nSPS) is 34.7. The van der Waals surface area contributed by atoms with Gasteiger partial charge in [0, 0.05) is 0 Å². The lowest BCUT2D eigenvalue weighted by molar-refractivity contribution is -0.0322. The Bertz CT molecular complexity index is 1030. The third-order valence-corrected chi connectivity index (χ3v) is 10.5. The number of hydrogen-bond donors (Lipinski definition) is 2. The first-order valence-electron chi connectivity index (χ1n) is 14.3. The second-order valence-corrected chi connectivity index (χ2v) is 12.4. The van der Waals surface area contributed by atoms with Crippen LogP contribution in [0.25, 0.3) is 0 Å². The van der Waals surface area contributed by atoms with Crippen LogP contribution >= 0.6 is 0 Å². The molecule has 2 saturated carbocycles. The quantitative estimate of drug-likeness (QED) is 0.526. The van der Waals surface area contributed by atoms with E-state index in [1.165, 1.54) is 74.0 Å². The number of aliphatic hydroxyl groups excluding tert-OH is 1. The molecule has 1 heterocycles. The third-order valence-electron chi connectivity index (χ3n) is 10.5. The first-order valence-corrected chi connectivity index (χ1v) is 14.3. The molecule has 6 atom stereocenters. The number of nitrogens with zero attached hydrogens (tertiary/aromatic N) is 1. The van der Waals surface area contributed by atoms with Gasteiger partial charge >= 0.3 is 0 Å². The van der Waals surface area contributed by atoms with E-state index in [4.69, 9.17) is 0 Å².